The van der Waals surface area contributed by atoms with Gasteiger partial charge in [-0.05, 0) is 68.1 Å². The van der Waals surface area contributed by atoms with Crippen LogP contribution in [0.2, 0.25) is 0 Å². The quantitative estimate of drug-likeness (QED) is 0.656. The number of carbonyl (C=O) groups excluding carboxylic acids is 2. The zero-order valence-corrected chi connectivity index (χ0v) is 20.9. The first-order chi connectivity index (χ1) is 16.9. The molecule has 0 bridgehead atoms. The van der Waals surface area contributed by atoms with E-state index < -0.39 is 0 Å². The molecule has 1 aromatic heterocycles. The Hall–Kier alpha value is -2.45. The van der Waals surface area contributed by atoms with Gasteiger partial charge in [0.05, 0.1) is 29.3 Å². The second-order valence-corrected chi connectivity index (χ2v) is 11.4. The van der Waals surface area contributed by atoms with Gasteiger partial charge in [0.15, 0.2) is 0 Å². The Morgan fingerprint density at radius 1 is 1.11 bits per heavy atom. The summed E-state index contributed by atoms with van der Waals surface area (Å²) in [5.41, 5.74) is 3.55. The largest absolute Gasteiger partial charge is 0.375 e. The van der Waals surface area contributed by atoms with Gasteiger partial charge in [-0.1, -0.05) is 6.92 Å². The SMILES string of the molecule is C[C@@H]1CC2(CC[C@H]1OC1CCN(c3ccc4c(C5CCC(=O)NC5=O)nn(C)c4c3)CC1)CNC2. The van der Waals surface area contributed by atoms with Crippen molar-refractivity contribution in [3.05, 3.63) is 23.9 Å². The van der Waals surface area contributed by atoms with E-state index >= 15 is 0 Å². The van der Waals surface area contributed by atoms with E-state index in [4.69, 9.17) is 4.74 Å². The molecule has 4 aliphatic rings. The van der Waals surface area contributed by atoms with Crippen LogP contribution in [0, 0.1) is 11.3 Å². The van der Waals surface area contributed by atoms with Gasteiger partial charge in [-0.2, -0.15) is 5.10 Å². The van der Waals surface area contributed by atoms with Gasteiger partial charge in [-0.15, -0.1) is 0 Å². The molecule has 1 saturated carbocycles. The van der Waals surface area contributed by atoms with E-state index in [1.807, 2.05) is 11.7 Å². The lowest BCUT2D eigenvalue weighted by molar-refractivity contribution is -0.134. The Bertz CT molecular complexity index is 1130. The molecule has 3 saturated heterocycles. The molecule has 8 nitrogen and oxygen atoms in total. The predicted octanol–water partition coefficient (Wildman–Crippen LogP) is 2.86. The molecule has 8 heteroatoms. The first-order valence-corrected chi connectivity index (χ1v) is 13.3. The van der Waals surface area contributed by atoms with Crippen molar-refractivity contribution in [3.63, 3.8) is 0 Å². The Kier molecular flexibility index (Phi) is 5.84. The van der Waals surface area contributed by atoms with Gasteiger partial charge < -0.3 is 15.0 Å². The van der Waals surface area contributed by atoms with E-state index in [0.29, 0.717) is 36.4 Å². The van der Waals surface area contributed by atoms with Gasteiger partial charge in [0.25, 0.3) is 0 Å². The van der Waals surface area contributed by atoms with Crippen molar-refractivity contribution in [2.45, 2.75) is 70.0 Å². The van der Waals surface area contributed by atoms with Crippen LogP contribution in [0.5, 0.6) is 0 Å². The highest BCUT2D eigenvalue weighted by molar-refractivity contribution is 6.02. The van der Waals surface area contributed by atoms with Gasteiger partial charge in [0, 0.05) is 50.7 Å². The highest BCUT2D eigenvalue weighted by Crippen LogP contribution is 2.43. The van der Waals surface area contributed by atoms with Gasteiger partial charge in [-0.3, -0.25) is 19.6 Å². The van der Waals surface area contributed by atoms with Crippen LogP contribution in [0.1, 0.15) is 63.5 Å². The lowest BCUT2D eigenvalue weighted by Crippen LogP contribution is -2.57. The first-order valence-electron chi connectivity index (χ1n) is 13.3. The Morgan fingerprint density at radius 3 is 2.60 bits per heavy atom. The van der Waals surface area contributed by atoms with E-state index in [9.17, 15) is 9.59 Å². The van der Waals surface area contributed by atoms with Crippen LogP contribution in [-0.2, 0) is 21.4 Å². The van der Waals surface area contributed by atoms with Gasteiger partial charge >= 0.3 is 0 Å². The summed E-state index contributed by atoms with van der Waals surface area (Å²) in [6, 6.07) is 6.43. The lowest BCUT2D eigenvalue weighted by Gasteiger charge is -2.50. The van der Waals surface area contributed by atoms with Crippen molar-refractivity contribution >= 4 is 28.4 Å². The van der Waals surface area contributed by atoms with E-state index in [0.717, 1.165) is 42.5 Å². The molecule has 188 valence electrons. The van der Waals surface area contributed by atoms with Crippen LogP contribution >= 0.6 is 0 Å². The highest BCUT2D eigenvalue weighted by atomic mass is 16.5. The minimum absolute atomic E-state index is 0.196. The second kappa shape index (κ2) is 8.89. The summed E-state index contributed by atoms with van der Waals surface area (Å²) in [5.74, 6) is -0.152. The van der Waals surface area contributed by atoms with E-state index in [1.165, 1.54) is 38.0 Å². The standard InChI is InChI=1S/C27H37N5O3/c1-17-14-27(15-28-16-27)10-7-23(17)35-19-8-11-32(12-9-19)18-3-4-20-22(13-18)31(2)30-25(20)21-5-6-24(33)29-26(21)34/h3-4,13,17,19,21,23,28H,5-12,14-16H2,1-2H3,(H,29,33,34)/t17-,21?,23-/m1/s1. The van der Waals surface area contributed by atoms with Gasteiger partial charge in [-0.25, -0.2) is 0 Å². The first kappa shape index (κ1) is 23.0. The zero-order chi connectivity index (χ0) is 24.2. The van der Waals surface area contributed by atoms with Crippen molar-refractivity contribution in [1.82, 2.24) is 20.4 Å². The average Bonchev–Trinajstić information content (AvgIpc) is 3.15. The molecule has 2 N–H and O–H groups in total. The summed E-state index contributed by atoms with van der Waals surface area (Å²) in [6.45, 7) is 6.74. The fourth-order valence-electron chi connectivity index (χ4n) is 6.83. The maximum atomic E-state index is 12.4. The Labute approximate surface area is 206 Å². The van der Waals surface area contributed by atoms with Crippen molar-refractivity contribution < 1.29 is 14.3 Å². The molecule has 2 aromatic rings. The molecule has 2 amide bonds. The fraction of sp³-hybridized carbons (Fsp3) is 0.667. The molecule has 4 fully saturated rings. The summed E-state index contributed by atoms with van der Waals surface area (Å²) in [4.78, 5) is 26.4. The molecule has 6 rings (SSSR count). The van der Waals surface area contributed by atoms with Crippen LogP contribution < -0.4 is 15.5 Å². The van der Waals surface area contributed by atoms with Crippen molar-refractivity contribution in [1.29, 1.82) is 0 Å². The fourth-order valence-corrected chi connectivity index (χ4v) is 6.83. The normalized spacial score (nSPS) is 29.4. The maximum Gasteiger partial charge on any atom is 0.235 e. The van der Waals surface area contributed by atoms with Crippen LogP contribution in [0.4, 0.5) is 5.69 Å². The minimum atomic E-state index is -0.368. The summed E-state index contributed by atoms with van der Waals surface area (Å²) < 4.78 is 8.51. The molecule has 35 heavy (non-hydrogen) atoms. The minimum Gasteiger partial charge on any atom is -0.375 e. The van der Waals surface area contributed by atoms with E-state index in [2.05, 4.69) is 45.8 Å². The van der Waals surface area contributed by atoms with Gasteiger partial charge in [0.1, 0.15) is 0 Å². The average molecular weight is 480 g/mol. The van der Waals surface area contributed by atoms with Crippen molar-refractivity contribution in [3.8, 4) is 0 Å². The summed E-state index contributed by atoms with van der Waals surface area (Å²) in [7, 11) is 1.93. The zero-order valence-electron chi connectivity index (χ0n) is 20.9. The molecule has 3 aliphatic heterocycles. The molecular formula is C27H37N5O3. The third-order valence-electron chi connectivity index (χ3n) is 8.96. The molecule has 0 radical (unpaired) electrons. The number of nitrogens with one attached hydrogen (secondary N) is 2. The molecule has 1 spiro atoms. The number of ether oxygens (including phenoxy) is 1. The number of amides is 2. The predicted molar refractivity (Wildman–Crippen MR) is 134 cm³/mol. The van der Waals surface area contributed by atoms with Crippen LogP contribution in [0.15, 0.2) is 18.2 Å². The number of anilines is 1. The summed E-state index contributed by atoms with van der Waals surface area (Å²) in [5, 5.41) is 11.6. The number of carbonyl (C=O) groups is 2. The monoisotopic (exact) mass is 479 g/mol. The number of piperidine rings is 2. The number of nitrogens with zero attached hydrogens (tertiary/aromatic N) is 3. The number of imide groups is 1. The molecule has 1 aliphatic carbocycles. The number of aryl methyl sites for hydroxylation is 1. The number of rotatable bonds is 4. The number of benzene rings is 1. The number of hydrogen-bond acceptors (Lipinski definition) is 6. The number of aromatic nitrogens is 2. The molecule has 1 unspecified atom stereocenters. The van der Waals surface area contributed by atoms with E-state index in [1.54, 1.807) is 0 Å². The van der Waals surface area contributed by atoms with Crippen LogP contribution in [0.25, 0.3) is 10.9 Å². The lowest BCUT2D eigenvalue weighted by atomic mass is 9.65. The van der Waals surface area contributed by atoms with Gasteiger partial charge in [0.2, 0.25) is 11.8 Å². The molecule has 1 aromatic carbocycles. The number of hydrogen-bond donors (Lipinski definition) is 2. The second-order valence-electron chi connectivity index (χ2n) is 11.4. The summed E-state index contributed by atoms with van der Waals surface area (Å²) >= 11 is 0. The topological polar surface area (TPSA) is 88.5 Å². The molecule has 4 heterocycles. The Balaban J connectivity index is 1.09. The third-order valence-corrected chi connectivity index (χ3v) is 8.96. The van der Waals surface area contributed by atoms with E-state index in [-0.39, 0.29) is 17.7 Å². The smallest absolute Gasteiger partial charge is 0.235 e. The highest BCUT2D eigenvalue weighted by Gasteiger charge is 2.44. The number of fused-ring (bicyclic) bond motifs is 1. The molecular weight excluding hydrogens is 442 g/mol. The van der Waals surface area contributed by atoms with Crippen molar-refractivity contribution in [2.75, 3.05) is 31.1 Å². The molecule has 3 atom stereocenters. The van der Waals surface area contributed by atoms with Crippen LogP contribution in [0.3, 0.4) is 0 Å². The third kappa shape index (κ3) is 4.25. The van der Waals surface area contributed by atoms with Crippen LogP contribution in [-0.4, -0.2) is 60.0 Å². The maximum absolute atomic E-state index is 12.4. The van der Waals surface area contributed by atoms with Crippen molar-refractivity contribution in [2.24, 2.45) is 18.4 Å². The summed E-state index contributed by atoms with van der Waals surface area (Å²) in [6.07, 6.45) is 7.57. The Morgan fingerprint density at radius 2 is 1.91 bits per heavy atom.